The molecule has 0 aromatic heterocycles. The second-order valence-corrected chi connectivity index (χ2v) is 5.47. The fourth-order valence-corrected chi connectivity index (χ4v) is 2.06. The van der Waals surface area contributed by atoms with Crippen molar-refractivity contribution in [3.8, 4) is 0 Å². The lowest BCUT2D eigenvalue weighted by molar-refractivity contribution is 0.486. The van der Waals surface area contributed by atoms with Crippen molar-refractivity contribution in [2.45, 2.75) is 91.4 Å². The van der Waals surface area contributed by atoms with Crippen molar-refractivity contribution in [2.24, 2.45) is 5.92 Å². The van der Waals surface area contributed by atoms with Gasteiger partial charge in [0.2, 0.25) is 0 Å². The van der Waals surface area contributed by atoms with Crippen LogP contribution in [0.15, 0.2) is 12.2 Å². The van der Waals surface area contributed by atoms with Crippen LogP contribution in [0.4, 0.5) is 0 Å². The van der Waals surface area contributed by atoms with E-state index in [1.54, 1.807) is 0 Å². The molecule has 0 N–H and O–H groups in total. The van der Waals surface area contributed by atoms with E-state index in [1.807, 2.05) is 0 Å². The van der Waals surface area contributed by atoms with Crippen molar-refractivity contribution in [3.05, 3.63) is 12.2 Å². The molecule has 17 heavy (non-hydrogen) atoms. The number of hydrogen-bond acceptors (Lipinski definition) is 0. The standard InChI is InChI=1S/C17H34/c1-4-6-7-8-9-10-11-12-13-14-15-16-17(3)5-2/h11-12,17H,4-10,13-16H2,1-3H3/b12-11+. The molecule has 1 unspecified atom stereocenters. The second kappa shape index (κ2) is 13.8. The van der Waals surface area contributed by atoms with Gasteiger partial charge < -0.3 is 0 Å². The predicted octanol–water partition coefficient (Wildman–Crippen LogP) is 6.51. The zero-order valence-corrected chi connectivity index (χ0v) is 12.5. The monoisotopic (exact) mass is 238 g/mol. The molecule has 0 spiro atoms. The van der Waals surface area contributed by atoms with Crippen LogP contribution >= 0.6 is 0 Å². The molecule has 0 aromatic carbocycles. The first-order valence-electron chi connectivity index (χ1n) is 7.96. The molecule has 0 aliphatic carbocycles. The maximum absolute atomic E-state index is 2.40. The molecule has 0 amide bonds. The average Bonchev–Trinajstić information content (AvgIpc) is 2.35. The van der Waals surface area contributed by atoms with Gasteiger partial charge in [0.1, 0.15) is 0 Å². The highest BCUT2D eigenvalue weighted by atomic mass is 14.0. The highest BCUT2D eigenvalue weighted by Gasteiger charge is 1.96. The van der Waals surface area contributed by atoms with E-state index in [2.05, 4.69) is 32.9 Å². The Balaban J connectivity index is 3.09. The summed E-state index contributed by atoms with van der Waals surface area (Å²) in [6.45, 7) is 6.94. The van der Waals surface area contributed by atoms with Gasteiger partial charge in [-0.25, -0.2) is 0 Å². The second-order valence-electron chi connectivity index (χ2n) is 5.47. The minimum absolute atomic E-state index is 0.928. The van der Waals surface area contributed by atoms with Gasteiger partial charge in [-0.05, 0) is 31.6 Å². The highest BCUT2D eigenvalue weighted by molar-refractivity contribution is 4.81. The Morgan fingerprint density at radius 2 is 1.35 bits per heavy atom. The maximum atomic E-state index is 2.40. The molecule has 0 heteroatoms. The van der Waals surface area contributed by atoms with Crippen molar-refractivity contribution in [2.75, 3.05) is 0 Å². The van der Waals surface area contributed by atoms with Gasteiger partial charge >= 0.3 is 0 Å². The highest BCUT2D eigenvalue weighted by Crippen LogP contribution is 2.12. The van der Waals surface area contributed by atoms with Crippen LogP contribution in [-0.4, -0.2) is 0 Å². The molecule has 102 valence electrons. The Morgan fingerprint density at radius 3 is 1.94 bits per heavy atom. The van der Waals surface area contributed by atoms with Gasteiger partial charge in [-0.1, -0.05) is 77.9 Å². The van der Waals surface area contributed by atoms with Crippen LogP contribution in [0.1, 0.15) is 91.4 Å². The number of allylic oxidation sites excluding steroid dienone is 2. The first kappa shape index (κ1) is 16.7. The van der Waals surface area contributed by atoms with Gasteiger partial charge in [0.25, 0.3) is 0 Å². The Bertz CT molecular complexity index is 157. The zero-order chi connectivity index (χ0) is 12.8. The van der Waals surface area contributed by atoms with Gasteiger partial charge in [0.15, 0.2) is 0 Å². The van der Waals surface area contributed by atoms with Gasteiger partial charge in [-0.2, -0.15) is 0 Å². The Morgan fingerprint density at radius 1 is 0.765 bits per heavy atom. The van der Waals surface area contributed by atoms with Gasteiger partial charge in [0, 0.05) is 0 Å². The van der Waals surface area contributed by atoms with Crippen molar-refractivity contribution in [3.63, 3.8) is 0 Å². The fourth-order valence-electron chi connectivity index (χ4n) is 2.06. The smallest absolute Gasteiger partial charge is 0.0351 e. The first-order valence-corrected chi connectivity index (χ1v) is 7.96. The summed E-state index contributed by atoms with van der Waals surface area (Å²) in [4.78, 5) is 0. The van der Waals surface area contributed by atoms with E-state index in [-0.39, 0.29) is 0 Å². The van der Waals surface area contributed by atoms with E-state index in [9.17, 15) is 0 Å². The summed E-state index contributed by atoms with van der Waals surface area (Å²) in [5, 5.41) is 0. The molecule has 1 atom stereocenters. The summed E-state index contributed by atoms with van der Waals surface area (Å²) in [6.07, 6.45) is 20.0. The van der Waals surface area contributed by atoms with E-state index >= 15 is 0 Å². The van der Waals surface area contributed by atoms with Crippen LogP contribution in [-0.2, 0) is 0 Å². The van der Waals surface area contributed by atoms with Crippen molar-refractivity contribution in [1.29, 1.82) is 0 Å². The third kappa shape index (κ3) is 13.7. The summed E-state index contributed by atoms with van der Waals surface area (Å²) in [6, 6.07) is 0. The molecule has 0 fully saturated rings. The summed E-state index contributed by atoms with van der Waals surface area (Å²) in [7, 11) is 0. The molecule has 0 saturated heterocycles. The quantitative estimate of drug-likeness (QED) is 0.268. The Kier molecular flexibility index (Phi) is 13.6. The first-order chi connectivity index (χ1) is 8.31. The molecular weight excluding hydrogens is 204 g/mol. The SMILES string of the molecule is CCCCCCC/C=C/CCCCC(C)CC. The lowest BCUT2D eigenvalue weighted by atomic mass is 10.0. The molecular formula is C17H34. The van der Waals surface area contributed by atoms with E-state index in [0.717, 1.165) is 5.92 Å². The third-order valence-electron chi connectivity index (χ3n) is 3.66. The minimum Gasteiger partial charge on any atom is -0.0885 e. The number of rotatable bonds is 12. The lowest BCUT2D eigenvalue weighted by Gasteiger charge is -2.06. The normalized spacial score (nSPS) is 13.4. The van der Waals surface area contributed by atoms with Crippen LogP contribution in [0.25, 0.3) is 0 Å². The summed E-state index contributed by atoms with van der Waals surface area (Å²) in [5.41, 5.74) is 0. The van der Waals surface area contributed by atoms with Crippen LogP contribution in [0.5, 0.6) is 0 Å². The summed E-state index contributed by atoms with van der Waals surface area (Å²) >= 11 is 0. The van der Waals surface area contributed by atoms with E-state index in [1.165, 1.54) is 70.6 Å². The largest absolute Gasteiger partial charge is 0.0885 e. The van der Waals surface area contributed by atoms with Crippen molar-refractivity contribution >= 4 is 0 Å². The molecule has 0 aliphatic heterocycles. The average molecular weight is 238 g/mol. The molecule has 0 aliphatic rings. The van der Waals surface area contributed by atoms with Crippen LogP contribution in [0.3, 0.4) is 0 Å². The molecule has 0 heterocycles. The van der Waals surface area contributed by atoms with E-state index in [0.29, 0.717) is 0 Å². The molecule has 0 bridgehead atoms. The maximum Gasteiger partial charge on any atom is -0.0351 e. The summed E-state index contributed by atoms with van der Waals surface area (Å²) < 4.78 is 0. The van der Waals surface area contributed by atoms with Crippen molar-refractivity contribution < 1.29 is 0 Å². The molecule has 0 nitrogen and oxygen atoms in total. The van der Waals surface area contributed by atoms with Crippen LogP contribution in [0.2, 0.25) is 0 Å². The molecule has 0 aromatic rings. The fraction of sp³-hybridized carbons (Fsp3) is 0.882. The van der Waals surface area contributed by atoms with Crippen LogP contribution in [0, 0.1) is 5.92 Å². The van der Waals surface area contributed by atoms with Gasteiger partial charge in [-0.15, -0.1) is 0 Å². The van der Waals surface area contributed by atoms with Gasteiger partial charge in [-0.3, -0.25) is 0 Å². The minimum atomic E-state index is 0.928. The predicted molar refractivity (Wildman–Crippen MR) is 80.4 cm³/mol. The number of unbranched alkanes of at least 4 members (excludes halogenated alkanes) is 7. The molecule has 0 radical (unpaired) electrons. The molecule has 0 rings (SSSR count). The van der Waals surface area contributed by atoms with E-state index < -0.39 is 0 Å². The molecule has 0 saturated carbocycles. The van der Waals surface area contributed by atoms with Crippen LogP contribution < -0.4 is 0 Å². The topological polar surface area (TPSA) is 0 Å². The van der Waals surface area contributed by atoms with Crippen molar-refractivity contribution in [1.82, 2.24) is 0 Å². The third-order valence-corrected chi connectivity index (χ3v) is 3.66. The lowest BCUT2D eigenvalue weighted by Crippen LogP contribution is -1.90. The zero-order valence-electron chi connectivity index (χ0n) is 12.5. The summed E-state index contributed by atoms with van der Waals surface area (Å²) in [5.74, 6) is 0.928. The Labute approximate surface area is 110 Å². The Hall–Kier alpha value is -0.260. The van der Waals surface area contributed by atoms with Gasteiger partial charge in [0.05, 0.1) is 0 Å². The number of hydrogen-bond donors (Lipinski definition) is 0. The van der Waals surface area contributed by atoms with E-state index in [4.69, 9.17) is 0 Å².